The average molecular weight is 374 g/mol. The SMILES string of the molecule is Cc1cc(C(=O)CN2CCN(C(=O)c3ccc(Cl)cc3)CC2)c(C)n1C. The van der Waals surface area contributed by atoms with Crippen molar-refractivity contribution in [1.29, 1.82) is 0 Å². The Hall–Kier alpha value is -2.11. The molecule has 1 aromatic heterocycles. The number of carbonyl (C=O) groups is 2. The molecule has 0 N–H and O–H groups in total. The Labute approximate surface area is 159 Å². The molecule has 0 saturated carbocycles. The van der Waals surface area contributed by atoms with Crippen molar-refractivity contribution in [3.63, 3.8) is 0 Å². The van der Waals surface area contributed by atoms with Gasteiger partial charge in [-0.25, -0.2) is 0 Å². The number of amides is 1. The fraction of sp³-hybridized carbons (Fsp3) is 0.400. The van der Waals surface area contributed by atoms with E-state index in [-0.39, 0.29) is 11.7 Å². The van der Waals surface area contributed by atoms with E-state index in [9.17, 15) is 9.59 Å². The summed E-state index contributed by atoms with van der Waals surface area (Å²) < 4.78 is 2.04. The number of ketones is 1. The molecule has 0 radical (unpaired) electrons. The van der Waals surface area contributed by atoms with Crippen LogP contribution < -0.4 is 0 Å². The maximum atomic E-state index is 12.6. The van der Waals surface area contributed by atoms with E-state index < -0.39 is 0 Å². The number of aromatic nitrogens is 1. The first kappa shape index (κ1) is 18.7. The number of carbonyl (C=O) groups excluding carboxylic acids is 2. The second-order valence-corrected chi connectivity index (χ2v) is 7.28. The Kier molecular flexibility index (Phi) is 5.49. The topological polar surface area (TPSA) is 45.6 Å². The predicted molar refractivity (Wildman–Crippen MR) is 103 cm³/mol. The largest absolute Gasteiger partial charge is 0.351 e. The van der Waals surface area contributed by atoms with E-state index in [1.165, 1.54) is 0 Å². The van der Waals surface area contributed by atoms with E-state index in [4.69, 9.17) is 11.6 Å². The summed E-state index contributed by atoms with van der Waals surface area (Å²) in [5.74, 6) is 0.158. The predicted octanol–water partition coefficient (Wildman–Crippen LogP) is 2.94. The van der Waals surface area contributed by atoms with Crippen LogP contribution in [0.3, 0.4) is 0 Å². The van der Waals surface area contributed by atoms with Gasteiger partial charge in [0.25, 0.3) is 5.91 Å². The zero-order chi connectivity index (χ0) is 18.8. The van der Waals surface area contributed by atoms with Gasteiger partial charge in [0, 0.05) is 60.8 Å². The van der Waals surface area contributed by atoms with Crippen molar-refractivity contribution in [1.82, 2.24) is 14.4 Å². The van der Waals surface area contributed by atoms with Crippen molar-refractivity contribution in [3.05, 3.63) is 57.9 Å². The molecule has 0 bridgehead atoms. The lowest BCUT2D eigenvalue weighted by atomic mass is 10.1. The minimum atomic E-state index is 0.0159. The lowest BCUT2D eigenvalue weighted by Crippen LogP contribution is -2.49. The molecule has 0 atom stereocenters. The Morgan fingerprint density at radius 2 is 1.65 bits per heavy atom. The van der Waals surface area contributed by atoms with Gasteiger partial charge in [-0.05, 0) is 44.2 Å². The van der Waals surface area contributed by atoms with Crippen LogP contribution in [0.1, 0.15) is 32.1 Å². The molecule has 138 valence electrons. The Balaban J connectivity index is 1.56. The minimum Gasteiger partial charge on any atom is -0.351 e. The first-order chi connectivity index (χ1) is 12.4. The zero-order valence-electron chi connectivity index (χ0n) is 15.5. The molecule has 1 aromatic carbocycles. The second kappa shape index (κ2) is 7.64. The van der Waals surface area contributed by atoms with Crippen LogP contribution in [-0.4, -0.2) is 58.8 Å². The molecule has 1 aliphatic heterocycles. The molecule has 2 aromatic rings. The Bertz CT molecular complexity index is 818. The van der Waals surface area contributed by atoms with Gasteiger partial charge in [0.2, 0.25) is 0 Å². The first-order valence-electron chi connectivity index (χ1n) is 8.80. The quantitative estimate of drug-likeness (QED) is 0.774. The number of hydrogen-bond acceptors (Lipinski definition) is 3. The number of rotatable bonds is 4. The van der Waals surface area contributed by atoms with Crippen molar-refractivity contribution in [2.75, 3.05) is 32.7 Å². The summed E-state index contributed by atoms with van der Waals surface area (Å²) in [5.41, 5.74) is 3.53. The Morgan fingerprint density at radius 1 is 1.04 bits per heavy atom. The fourth-order valence-corrected chi connectivity index (χ4v) is 3.44. The number of benzene rings is 1. The van der Waals surface area contributed by atoms with Gasteiger partial charge in [-0.2, -0.15) is 0 Å². The molecule has 5 nitrogen and oxygen atoms in total. The summed E-state index contributed by atoms with van der Waals surface area (Å²) >= 11 is 5.88. The minimum absolute atomic E-state index is 0.0159. The Morgan fingerprint density at radius 3 is 2.19 bits per heavy atom. The van der Waals surface area contributed by atoms with Crippen LogP contribution in [0, 0.1) is 13.8 Å². The van der Waals surface area contributed by atoms with E-state index in [0.29, 0.717) is 43.3 Å². The zero-order valence-corrected chi connectivity index (χ0v) is 16.2. The van der Waals surface area contributed by atoms with Crippen molar-refractivity contribution < 1.29 is 9.59 Å². The molecule has 1 saturated heterocycles. The third kappa shape index (κ3) is 3.84. The second-order valence-electron chi connectivity index (χ2n) is 6.84. The third-order valence-electron chi connectivity index (χ3n) is 5.19. The van der Waals surface area contributed by atoms with Crippen LogP contribution in [0.5, 0.6) is 0 Å². The van der Waals surface area contributed by atoms with E-state index in [1.807, 2.05) is 36.4 Å². The molecule has 0 unspecified atom stereocenters. The summed E-state index contributed by atoms with van der Waals surface area (Å²) in [7, 11) is 1.97. The molecule has 0 aliphatic carbocycles. The number of nitrogens with zero attached hydrogens (tertiary/aromatic N) is 3. The average Bonchev–Trinajstić information content (AvgIpc) is 2.90. The summed E-state index contributed by atoms with van der Waals surface area (Å²) in [5, 5.41) is 0.622. The molecule has 1 amide bonds. The fourth-order valence-electron chi connectivity index (χ4n) is 3.31. The van der Waals surface area contributed by atoms with E-state index >= 15 is 0 Å². The maximum absolute atomic E-state index is 12.6. The van der Waals surface area contributed by atoms with Crippen LogP contribution >= 0.6 is 11.6 Å². The van der Waals surface area contributed by atoms with Crippen molar-refractivity contribution in [2.24, 2.45) is 7.05 Å². The normalized spacial score (nSPS) is 15.3. The lowest BCUT2D eigenvalue weighted by Gasteiger charge is -2.34. The summed E-state index contributed by atoms with van der Waals surface area (Å²) in [4.78, 5) is 29.1. The molecular weight excluding hydrogens is 350 g/mol. The van der Waals surface area contributed by atoms with Crippen LogP contribution in [0.15, 0.2) is 30.3 Å². The van der Waals surface area contributed by atoms with Gasteiger partial charge in [-0.15, -0.1) is 0 Å². The maximum Gasteiger partial charge on any atom is 0.253 e. The standard InChI is InChI=1S/C20H24ClN3O2/c1-14-12-18(15(2)22(14)3)19(25)13-23-8-10-24(11-9-23)20(26)16-4-6-17(21)7-5-16/h4-7,12H,8-11,13H2,1-3H3. The van der Waals surface area contributed by atoms with E-state index in [2.05, 4.69) is 4.90 Å². The molecule has 0 spiro atoms. The van der Waals surface area contributed by atoms with Crippen molar-refractivity contribution >= 4 is 23.3 Å². The van der Waals surface area contributed by atoms with Gasteiger partial charge < -0.3 is 9.47 Å². The highest BCUT2D eigenvalue weighted by Crippen LogP contribution is 2.16. The summed E-state index contributed by atoms with van der Waals surface area (Å²) in [6, 6.07) is 8.92. The van der Waals surface area contributed by atoms with Crippen LogP contribution in [-0.2, 0) is 7.05 Å². The highest BCUT2D eigenvalue weighted by Gasteiger charge is 2.24. The molecule has 6 heteroatoms. The summed E-state index contributed by atoms with van der Waals surface area (Å²) in [6.45, 7) is 7.04. The van der Waals surface area contributed by atoms with Crippen LogP contribution in [0.4, 0.5) is 0 Å². The van der Waals surface area contributed by atoms with E-state index in [0.717, 1.165) is 17.0 Å². The smallest absolute Gasteiger partial charge is 0.253 e. The van der Waals surface area contributed by atoms with Gasteiger partial charge in [-0.1, -0.05) is 11.6 Å². The molecule has 3 rings (SSSR count). The van der Waals surface area contributed by atoms with Gasteiger partial charge >= 0.3 is 0 Å². The molecule has 1 aliphatic rings. The highest BCUT2D eigenvalue weighted by atomic mass is 35.5. The molecule has 26 heavy (non-hydrogen) atoms. The number of aryl methyl sites for hydroxylation is 1. The number of hydrogen-bond donors (Lipinski definition) is 0. The van der Waals surface area contributed by atoms with Crippen molar-refractivity contribution in [2.45, 2.75) is 13.8 Å². The highest BCUT2D eigenvalue weighted by molar-refractivity contribution is 6.30. The molecule has 2 heterocycles. The number of piperazine rings is 1. The molecular formula is C20H24ClN3O2. The lowest BCUT2D eigenvalue weighted by molar-refractivity contribution is 0.0624. The van der Waals surface area contributed by atoms with Crippen molar-refractivity contribution in [3.8, 4) is 0 Å². The van der Waals surface area contributed by atoms with Crippen LogP contribution in [0.2, 0.25) is 5.02 Å². The monoisotopic (exact) mass is 373 g/mol. The van der Waals surface area contributed by atoms with Gasteiger partial charge in [0.1, 0.15) is 0 Å². The summed E-state index contributed by atoms with van der Waals surface area (Å²) in [6.07, 6.45) is 0. The van der Waals surface area contributed by atoms with Gasteiger partial charge in [0.05, 0.1) is 6.54 Å². The first-order valence-corrected chi connectivity index (χ1v) is 9.18. The molecule has 1 fully saturated rings. The van der Waals surface area contributed by atoms with Gasteiger partial charge in [0.15, 0.2) is 5.78 Å². The van der Waals surface area contributed by atoms with Crippen LogP contribution in [0.25, 0.3) is 0 Å². The third-order valence-corrected chi connectivity index (χ3v) is 5.45. The van der Waals surface area contributed by atoms with E-state index in [1.54, 1.807) is 24.3 Å². The number of halogens is 1. The number of Topliss-reactive ketones (excluding diaryl/α,β-unsaturated/α-hetero) is 1. The van der Waals surface area contributed by atoms with Gasteiger partial charge in [-0.3, -0.25) is 14.5 Å².